The summed E-state index contributed by atoms with van der Waals surface area (Å²) < 4.78 is 5.85. The van der Waals surface area contributed by atoms with Crippen LogP contribution in [0.3, 0.4) is 0 Å². The van der Waals surface area contributed by atoms with Gasteiger partial charge < -0.3 is 15.0 Å². The Bertz CT molecular complexity index is 983. The van der Waals surface area contributed by atoms with Crippen LogP contribution in [-0.2, 0) is 11.3 Å². The zero-order valence-corrected chi connectivity index (χ0v) is 17.5. The fourth-order valence-electron chi connectivity index (χ4n) is 3.18. The first-order chi connectivity index (χ1) is 14.5. The van der Waals surface area contributed by atoms with Gasteiger partial charge in [0.1, 0.15) is 5.75 Å². The highest BCUT2D eigenvalue weighted by molar-refractivity contribution is 5.93. The van der Waals surface area contributed by atoms with E-state index in [2.05, 4.69) is 17.4 Å². The van der Waals surface area contributed by atoms with Crippen molar-refractivity contribution in [1.29, 1.82) is 0 Å². The normalized spacial score (nSPS) is 11.4. The van der Waals surface area contributed by atoms with E-state index in [0.29, 0.717) is 17.9 Å². The third-order valence-corrected chi connectivity index (χ3v) is 4.86. The third kappa shape index (κ3) is 5.26. The molecular formula is C25H26N2O3. The standard InChI is InChI=1S/C25H26N2O3/c1-18(30-23-15-13-21(14-16-23)20-7-5-4-6-8-20)25(29)27(3)17-19-9-11-22(12-10-19)24(28)26-2/h4-16,18H,17H2,1-3H3,(H,26,28)/t18-/m1/s1. The highest BCUT2D eigenvalue weighted by atomic mass is 16.5. The molecule has 5 nitrogen and oxygen atoms in total. The van der Waals surface area contributed by atoms with Gasteiger partial charge in [-0.15, -0.1) is 0 Å². The highest BCUT2D eigenvalue weighted by Crippen LogP contribution is 2.23. The zero-order valence-electron chi connectivity index (χ0n) is 17.5. The molecule has 2 amide bonds. The Morgan fingerprint density at radius 3 is 2.10 bits per heavy atom. The first-order valence-corrected chi connectivity index (χ1v) is 9.86. The van der Waals surface area contributed by atoms with Gasteiger partial charge in [0, 0.05) is 26.2 Å². The van der Waals surface area contributed by atoms with E-state index >= 15 is 0 Å². The van der Waals surface area contributed by atoms with Gasteiger partial charge in [-0.1, -0.05) is 54.6 Å². The van der Waals surface area contributed by atoms with Gasteiger partial charge in [-0.2, -0.15) is 0 Å². The number of likely N-dealkylation sites (N-methyl/N-ethyl adjacent to an activating group) is 1. The summed E-state index contributed by atoms with van der Waals surface area (Å²) in [6.45, 7) is 2.19. The number of carbonyl (C=O) groups is 2. The summed E-state index contributed by atoms with van der Waals surface area (Å²) in [5.41, 5.74) is 3.76. The second kappa shape index (κ2) is 9.74. The summed E-state index contributed by atoms with van der Waals surface area (Å²) in [7, 11) is 3.34. The molecule has 0 aliphatic carbocycles. The monoisotopic (exact) mass is 402 g/mol. The zero-order chi connectivity index (χ0) is 21.5. The molecule has 0 saturated carbocycles. The maximum Gasteiger partial charge on any atom is 0.263 e. The molecular weight excluding hydrogens is 376 g/mol. The topological polar surface area (TPSA) is 58.6 Å². The molecule has 5 heteroatoms. The maximum absolute atomic E-state index is 12.7. The van der Waals surface area contributed by atoms with Crippen molar-refractivity contribution < 1.29 is 14.3 Å². The Kier molecular flexibility index (Phi) is 6.86. The minimum absolute atomic E-state index is 0.113. The van der Waals surface area contributed by atoms with Gasteiger partial charge in [0.25, 0.3) is 11.8 Å². The molecule has 0 fully saturated rings. The van der Waals surface area contributed by atoms with Crippen molar-refractivity contribution in [3.63, 3.8) is 0 Å². The molecule has 0 bridgehead atoms. The molecule has 30 heavy (non-hydrogen) atoms. The second-order valence-corrected chi connectivity index (χ2v) is 7.12. The summed E-state index contributed by atoms with van der Waals surface area (Å²) in [5.74, 6) is 0.405. The van der Waals surface area contributed by atoms with E-state index in [1.165, 1.54) is 0 Å². The Balaban J connectivity index is 1.57. The lowest BCUT2D eigenvalue weighted by atomic mass is 10.1. The van der Waals surface area contributed by atoms with Crippen LogP contribution in [0.15, 0.2) is 78.9 Å². The van der Waals surface area contributed by atoms with Gasteiger partial charge in [-0.3, -0.25) is 9.59 Å². The van der Waals surface area contributed by atoms with Crippen molar-refractivity contribution in [3.05, 3.63) is 90.0 Å². The third-order valence-electron chi connectivity index (χ3n) is 4.86. The van der Waals surface area contributed by atoms with Gasteiger partial charge in [0.2, 0.25) is 0 Å². The van der Waals surface area contributed by atoms with Crippen LogP contribution in [0.5, 0.6) is 5.75 Å². The average molecular weight is 402 g/mol. The van der Waals surface area contributed by atoms with Crippen molar-refractivity contribution in [3.8, 4) is 16.9 Å². The van der Waals surface area contributed by atoms with Crippen LogP contribution >= 0.6 is 0 Å². The van der Waals surface area contributed by atoms with Gasteiger partial charge in [-0.25, -0.2) is 0 Å². The van der Waals surface area contributed by atoms with E-state index in [1.54, 1.807) is 38.1 Å². The molecule has 1 atom stereocenters. The van der Waals surface area contributed by atoms with E-state index in [9.17, 15) is 9.59 Å². The number of rotatable bonds is 7. The van der Waals surface area contributed by atoms with Gasteiger partial charge in [0.05, 0.1) is 0 Å². The Hall–Kier alpha value is -3.60. The van der Waals surface area contributed by atoms with Crippen molar-refractivity contribution in [2.24, 2.45) is 0 Å². The number of hydrogen-bond donors (Lipinski definition) is 1. The van der Waals surface area contributed by atoms with Crippen LogP contribution in [0.4, 0.5) is 0 Å². The lowest BCUT2D eigenvalue weighted by Gasteiger charge is -2.22. The molecule has 3 rings (SSSR count). The number of ether oxygens (including phenoxy) is 1. The molecule has 3 aromatic carbocycles. The first kappa shape index (κ1) is 21.1. The Labute approximate surface area is 177 Å². The highest BCUT2D eigenvalue weighted by Gasteiger charge is 2.19. The predicted molar refractivity (Wildman–Crippen MR) is 118 cm³/mol. The summed E-state index contributed by atoms with van der Waals surface area (Å²) in [6, 6.07) is 25.0. The second-order valence-electron chi connectivity index (χ2n) is 7.12. The molecule has 1 N–H and O–H groups in total. The Morgan fingerprint density at radius 2 is 1.50 bits per heavy atom. The summed E-state index contributed by atoms with van der Waals surface area (Å²) >= 11 is 0. The Morgan fingerprint density at radius 1 is 0.900 bits per heavy atom. The van der Waals surface area contributed by atoms with Crippen LogP contribution in [0.1, 0.15) is 22.8 Å². The minimum Gasteiger partial charge on any atom is -0.481 e. The van der Waals surface area contributed by atoms with Gasteiger partial charge >= 0.3 is 0 Å². The fraction of sp³-hybridized carbons (Fsp3) is 0.200. The summed E-state index contributed by atoms with van der Waals surface area (Å²) in [5, 5.41) is 2.59. The van der Waals surface area contributed by atoms with E-state index in [1.807, 2.05) is 54.6 Å². The van der Waals surface area contributed by atoms with Gasteiger partial charge in [0.15, 0.2) is 6.10 Å². The van der Waals surface area contributed by atoms with Crippen molar-refractivity contribution in [2.75, 3.05) is 14.1 Å². The quantitative estimate of drug-likeness (QED) is 0.646. The van der Waals surface area contributed by atoms with Crippen LogP contribution in [-0.4, -0.2) is 36.9 Å². The molecule has 0 unspecified atom stereocenters. The number of carbonyl (C=O) groups excluding carboxylic acids is 2. The van der Waals surface area contributed by atoms with Crippen LogP contribution in [0.2, 0.25) is 0 Å². The maximum atomic E-state index is 12.7. The van der Waals surface area contributed by atoms with E-state index in [4.69, 9.17) is 4.74 Å². The fourth-order valence-corrected chi connectivity index (χ4v) is 3.18. The number of amides is 2. The van der Waals surface area contributed by atoms with E-state index < -0.39 is 6.10 Å². The summed E-state index contributed by atoms with van der Waals surface area (Å²) in [4.78, 5) is 25.9. The van der Waals surface area contributed by atoms with Gasteiger partial charge in [-0.05, 0) is 47.9 Å². The minimum atomic E-state index is -0.609. The lowest BCUT2D eigenvalue weighted by molar-refractivity contribution is -0.137. The lowest BCUT2D eigenvalue weighted by Crippen LogP contribution is -2.37. The molecule has 0 aromatic heterocycles. The largest absolute Gasteiger partial charge is 0.481 e. The molecule has 0 spiro atoms. The number of nitrogens with one attached hydrogen (secondary N) is 1. The first-order valence-electron chi connectivity index (χ1n) is 9.86. The number of nitrogens with zero attached hydrogens (tertiary/aromatic N) is 1. The van der Waals surface area contributed by atoms with Crippen molar-refractivity contribution in [1.82, 2.24) is 10.2 Å². The predicted octanol–water partition coefficient (Wildman–Crippen LogP) is 4.14. The average Bonchev–Trinajstić information content (AvgIpc) is 2.79. The van der Waals surface area contributed by atoms with Crippen LogP contribution in [0.25, 0.3) is 11.1 Å². The van der Waals surface area contributed by atoms with Crippen LogP contribution < -0.4 is 10.1 Å². The summed E-state index contributed by atoms with van der Waals surface area (Å²) in [6.07, 6.45) is -0.609. The number of hydrogen-bond acceptors (Lipinski definition) is 3. The molecule has 0 aliphatic heterocycles. The SMILES string of the molecule is CNC(=O)c1ccc(CN(C)C(=O)[C@@H](C)Oc2ccc(-c3ccccc3)cc2)cc1. The molecule has 0 aliphatic rings. The number of benzene rings is 3. The van der Waals surface area contributed by atoms with Crippen LogP contribution in [0, 0.1) is 0 Å². The molecule has 3 aromatic rings. The molecule has 154 valence electrons. The van der Waals surface area contributed by atoms with E-state index in [0.717, 1.165) is 16.7 Å². The smallest absolute Gasteiger partial charge is 0.263 e. The molecule has 0 saturated heterocycles. The molecule has 0 heterocycles. The molecule has 0 radical (unpaired) electrons. The van der Waals surface area contributed by atoms with Crippen molar-refractivity contribution >= 4 is 11.8 Å². The van der Waals surface area contributed by atoms with Crippen molar-refractivity contribution in [2.45, 2.75) is 19.6 Å². The van der Waals surface area contributed by atoms with E-state index in [-0.39, 0.29) is 11.8 Å².